The molecule has 6 heteroatoms. The number of fused-ring (bicyclic) bond motifs is 1. The zero-order valence-electron chi connectivity index (χ0n) is 31.9. The predicted octanol–water partition coefficient (Wildman–Crippen LogP) is 11.3. The van der Waals surface area contributed by atoms with E-state index in [9.17, 15) is 4.79 Å². The monoisotopic (exact) mass is 668 g/mol. The topological polar surface area (TPSA) is 44.8 Å². The first-order chi connectivity index (χ1) is 21.0. The number of cyclic esters (lactones) is 1. The van der Waals surface area contributed by atoms with E-state index in [0.29, 0.717) is 35.2 Å². The average molecular weight is 669 g/mol. The second-order valence-corrected chi connectivity index (χ2v) is 28.4. The van der Waals surface area contributed by atoms with Crippen molar-refractivity contribution in [3.63, 3.8) is 0 Å². The van der Waals surface area contributed by atoms with Gasteiger partial charge in [0, 0.05) is 17.9 Å². The van der Waals surface area contributed by atoms with Crippen LogP contribution in [0.5, 0.6) is 0 Å². The average Bonchev–Trinajstić information content (AvgIpc) is 3.43. The molecule has 46 heavy (non-hydrogen) atoms. The second kappa shape index (κ2) is 13.2. The molecule has 0 amide bonds. The molecule has 0 aromatic heterocycles. The van der Waals surface area contributed by atoms with Gasteiger partial charge in [-0.15, -0.1) is 0 Å². The third-order valence-electron chi connectivity index (χ3n) is 13.6. The standard InChI is InChI=1S/C40H68O4Si2/c1-26(23-32-24-27(2)37(41)42-32)33-20-21-34-30(17-16-22-40(33,34)11)18-19-31-25-35(43-45(12,13)38(5,6)7)29(4)36(28(31)3)44-46(14,15)39(8,9)10/h18-19,26,29,32-36H,2-3,16-17,20-25H2,1,4-15H3/b30-18+,31-19-/t26-,29+,32+,33-,34+,35-,36+,40-/m1/s1. The van der Waals surface area contributed by atoms with Gasteiger partial charge in [-0.25, -0.2) is 4.79 Å². The normalized spacial score (nSPS) is 35.5. The SMILES string of the molecule is C=C1C[C@H](C[C@@H](C)[C@H]2CC[C@H]3/C(=C/C=C4/C[C@@H](O[Si](C)(C)C(C)(C)C)[C@H](C)[C@@H](O[Si](C)(C)C(C)(C)C)C4=C)CCC[C@]23C)OC1=O. The van der Waals surface area contributed by atoms with Crippen molar-refractivity contribution in [3.05, 3.63) is 47.6 Å². The third-order valence-corrected chi connectivity index (χ3v) is 22.6. The number of hydrogen-bond donors (Lipinski definition) is 0. The Kier molecular flexibility index (Phi) is 10.8. The first kappa shape index (κ1) is 37.6. The molecule has 4 fully saturated rings. The molecule has 4 nitrogen and oxygen atoms in total. The maximum Gasteiger partial charge on any atom is 0.333 e. The van der Waals surface area contributed by atoms with Gasteiger partial charge in [-0.3, -0.25) is 0 Å². The van der Waals surface area contributed by atoms with Crippen LogP contribution in [-0.4, -0.2) is 40.9 Å². The van der Waals surface area contributed by atoms with Crippen molar-refractivity contribution < 1.29 is 18.4 Å². The summed E-state index contributed by atoms with van der Waals surface area (Å²) in [5.74, 6) is 1.85. The molecule has 0 aromatic rings. The van der Waals surface area contributed by atoms with Crippen LogP contribution in [0.4, 0.5) is 0 Å². The van der Waals surface area contributed by atoms with Crippen LogP contribution < -0.4 is 0 Å². The van der Waals surface area contributed by atoms with Crippen LogP contribution in [0, 0.1) is 29.1 Å². The summed E-state index contributed by atoms with van der Waals surface area (Å²) in [6, 6.07) is 0. The molecule has 3 saturated carbocycles. The molecule has 0 spiro atoms. The molecule has 8 atom stereocenters. The first-order valence-corrected chi connectivity index (χ1v) is 24.1. The molecule has 3 aliphatic carbocycles. The lowest BCUT2D eigenvalue weighted by molar-refractivity contribution is -0.139. The van der Waals surface area contributed by atoms with Crippen molar-refractivity contribution >= 4 is 22.6 Å². The zero-order valence-corrected chi connectivity index (χ0v) is 33.9. The largest absolute Gasteiger partial charge is 0.459 e. The van der Waals surface area contributed by atoms with E-state index in [4.69, 9.17) is 20.2 Å². The lowest BCUT2D eigenvalue weighted by Gasteiger charge is -2.48. The smallest absolute Gasteiger partial charge is 0.333 e. The van der Waals surface area contributed by atoms with Gasteiger partial charge in [-0.05, 0) is 116 Å². The molecule has 1 saturated heterocycles. The van der Waals surface area contributed by atoms with Gasteiger partial charge in [0.05, 0.1) is 12.2 Å². The van der Waals surface area contributed by atoms with Gasteiger partial charge in [-0.2, -0.15) is 0 Å². The number of rotatable bonds is 8. The van der Waals surface area contributed by atoms with E-state index in [1.165, 1.54) is 37.7 Å². The summed E-state index contributed by atoms with van der Waals surface area (Å²) in [6.07, 6.45) is 13.8. The van der Waals surface area contributed by atoms with Gasteiger partial charge in [-0.1, -0.05) is 93.2 Å². The van der Waals surface area contributed by atoms with Gasteiger partial charge in [0.2, 0.25) is 0 Å². The Bertz CT molecular complexity index is 1230. The summed E-state index contributed by atoms with van der Waals surface area (Å²) in [5.41, 5.74) is 5.02. The summed E-state index contributed by atoms with van der Waals surface area (Å²) >= 11 is 0. The number of ether oxygens (including phenoxy) is 1. The Hall–Kier alpha value is -1.22. The molecule has 4 aliphatic rings. The van der Waals surface area contributed by atoms with Crippen LogP contribution >= 0.6 is 0 Å². The van der Waals surface area contributed by atoms with E-state index in [2.05, 4.69) is 107 Å². The minimum absolute atomic E-state index is 0.00339. The molecule has 0 N–H and O–H groups in total. The fourth-order valence-corrected chi connectivity index (χ4v) is 11.3. The van der Waals surface area contributed by atoms with Crippen molar-refractivity contribution in [2.45, 2.75) is 168 Å². The number of carbonyl (C=O) groups excluding carboxylic acids is 1. The highest BCUT2D eigenvalue weighted by Gasteiger charge is 2.52. The van der Waals surface area contributed by atoms with Gasteiger partial charge < -0.3 is 13.6 Å². The molecule has 0 bridgehead atoms. The number of esters is 1. The molecular formula is C40H68O4Si2. The molecule has 1 aliphatic heterocycles. The van der Waals surface area contributed by atoms with Crippen molar-refractivity contribution in [2.75, 3.05) is 0 Å². The van der Waals surface area contributed by atoms with Crippen molar-refractivity contribution in [1.82, 2.24) is 0 Å². The summed E-state index contributed by atoms with van der Waals surface area (Å²) in [6.45, 7) is 39.4. The lowest BCUT2D eigenvalue weighted by atomic mass is 9.60. The van der Waals surface area contributed by atoms with E-state index in [-0.39, 0.29) is 40.3 Å². The van der Waals surface area contributed by atoms with Gasteiger partial charge in [0.25, 0.3) is 0 Å². The van der Waals surface area contributed by atoms with E-state index >= 15 is 0 Å². The molecule has 260 valence electrons. The minimum atomic E-state index is -2.03. The summed E-state index contributed by atoms with van der Waals surface area (Å²) in [4.78, 5) is 12.0. The second-order valence-electron chi connectivity index (χ2n) is 18.9. The summed E-state index contributed by atoms with van der Waals surface area (Å²) in [5, 5.41) is 0.279. The summed E-state index contributed by atoms with van der Waals surface area (Å²) < 4.78 is 20.0. The highest BCUT2D eigenvalue weighted by molar-refractivity contribution is 6.74. The highest BCUT2D eigenvalue weighted by Crippen LogP contribution is 2.60. The van der Waals surface area contributed by atoms with Crippen molar-refractivity contribution in [3.8, 4) is 0 Å². The maximum atomic E-state index is 12.0. The molecule has 0 unspecified atom stereocenters. The maximum absolute atomic E-state index is 12.0. The number of hydrogen-bond acceptors (Lipinski definition) is 4. The molecule has 4 rings (SSSR count). The van der Waals surface area contributed by atoms with Crippen LogP contribution in [0.1, 0.15) is 114 Å². The Morgan fingerprint density at radius 2 is 1.59 bits per heavy atom. The van der Waals surface area contributed by atoms with Gasteiger partial charge in [0.1, 0.15) is 6.10 Å². The van der Waals surface area contributed by atoms with E-state index in [1.807, 2.05) is 0 Å². The highest BCUT2D eigenvalue weighted by atomic mass is 28.4. The Morgan fingerprint density at radius 3 is 2.15 bits per heavy atom. The Balaban J connectivity index is 1.60. The fraction of sp³-hybridized carbons (Fsp3) is 0.775. The quantitative estimate of drug-likeness (QED) is 0.147. The molecular weight excluding hydrogens is 601 g/mol. The van der Waals surface area contributed by atoms with Crippen molar-refractivity contribution in [2.24, 2.45) is 29.1 Å². The van der Waals surface area contributed by atoms with Crippen LogP contribution in [0.3, 0.4) is 0 Å². The Morgan fingerprint density at radius 1 is 0.978 bits per heavy atom. The van der Waals surface area contributed by atoms with Crippen LogP contribution in [0.25, 0.3) is 0 Å². The van der Waals surface area contributed by atoms with E-state index in [1.54, 1.807) is 5.57 Å². The molecule has 1 heterocycles. The van der Waals surface area contributed by atoms with Gasteiger partial charge >= 0.3 is 5.97 Å². The van der Waals surface area contributed by atoms with Crippen molar-refractivity contribution in [1.29, 1.82) is 0 Å². The van der Waals surface area contributed by atoms with Crippen LogP contribution in [-0.2, 0) is 18.4 Å². The minimum Gasteiger partial charge on any atom is -0.459 e. The van der Waals surface area contributed by atoms with E-state index in [0.717, 1.165) is 18.4 Å². The number of carbonyl (C=O) groups is 1. The lowest BCUT2D eigenvalue weighted by Crippen LogP contribution is -2.53. The van der Waals surface area contributed by atoms with E-state index < -0.39 is 16.6 Å². The predicted molar refractivity (Wildman–Crippen MR) is 199 cm³/mol. The summed E-state index contributed by atoms with van der Waals surface area (Å²) in [7, 11) is -4.02. The fourth-order valence-electron chi connectivity index (χ4n) is 8.55. The Labute approximate surface area is 285 Å². The zero-order chi connectivity index (χ0) is 34.6. The van der Waals surface area contributed by atoms with Gasteiger partial charge in [0.15, 0.2) is 16.6 Å². The third kappa shape index (κ3) is 7.50. The van der Waals surface area contributed by atoms with Crippen LogP contribution in [0.15, 0.2) is 47.6 Å². The molecule has 0 radical (unpaired) electrons. The molecule has 0 aromatic carbocycles. The first-order valence-electron chi connectivity index (χ1n) is 18.3. The van der Waals surface area contributed by atoms with Crippen LogP contribution in [0.2, 0.25) is 36.3 Å². The number of allylic oxidation sites excluding steroid dienone is 3.